The molecule has 1 aliphatic heterocycles. The Hall–Kier alpha value is -2.81. The van der Waals surface area contributed by atoms with Crippen molar-refractivity contribution in [2.75, 3.05) is 5.32 Å². The zero-order valence-corrected chi connectivity index (χ0v) is 14.8. The smallest absolute Gasteiger partial charge is 0.387 e. The Morgan fingerprint density at radius 3 is 2.65 bits per heavy atom. The number of tetrazole rings is 1. The molecule has 1 aliphatic rings. The summed E-state index contributed by atoms with van der Waals surface area (Å²) in [4.78, 5) is 0. The number of rotatable bonds is 4. The van der Waals surface area contributed by atoms with Gasteiger partial charge >= 0.3 is 6.61 Å². The lowest BCUT2D eigenvalue weighted by atomic mass is 10.0. The third-order valence-electron chi connectivity index (χ3n) is 3.93. The highest BCUT2D eigenvalue weighted by Crippen LogP contribution is 2.35. The lowest BCUT2D eigenvalue weighted by Crippen LogP contribution is -2.20. The van der Waals surface area contributed by atoms with Crippen molar-refractivity contribution in [3.05, 3.63) is 70.2 Å². The van der Waals surface area contributed by atoms with Crippen LogP contribution in [-0.2, 0) is 0 Å². The maximum absolute atomic E-state index is 12.7. The number of hydrogen-bond acceptors (Lipinski definition) is 5. The minimum Gasteiger partial charge on any atom is -0.434 e. The standard InChI is InChI=1S/C17H12BrF2N5O/c18-11-7-5-10(6-8-11)14-9-13(21-17-22-23-24-25(14)17)12-3-1-2-4-15(12)26-16(19)20/h1-9,14,16H,(H,21,22,24). The molecule has 6 nitrogen and oxygen atoms in total. The molecule has 9 heteroatoms. The van der Waals surface area contributed by atoms with Crippen molar-refractivity contribution in [1.82, 2.24) is 20.2 Å². The van der Waals surface area contributed by atoms with Crippen molar-refractivity contribution in [3.8, 4) is 5.75 Å². The van der Waals surface area contributed by atoms with Gasteiger partial charge in [-0.15, -0.1) is 0 Å². The summed E-state index contributed by atoms with van der Waals surface area (Å²) in [5, 5.41) is 14.8. The van der Waals surface area contributed by atoms with Crippen LogP contribution in [0.15, 0.2) is 59.1 Å². The van der Waals surface area contributed by atoms with E-state index < -0.39 is 6.61 Å². The maximum Gasteiger partial charge on any atom is 0.387 e. The molecular formula is C17H12BrF2N5O. The van der Waals surface area contributed by atoms with Crippen molar-refractivity contribution in [1.29, 1.82) is 0 Å². The number of hydrogen-bond donors (Lipinski definition) is 1. The minimum atomic E-state index is -2.91. The highest BCUT2D eigenvalue weighted by Gasteiger charge is 2.25. The average Bonchev–Trinajstić information content (AvgIpc) is 3.10. The number of nitrogens with zero attached hydrogens (tertiary/aromatic N) is 4. The number of para-hydroxylation sites is 1. The molecule has 0 amide bonds. The number of nitrogens with one attached hydrogen (secondary N) is 1. The van der Waals surface area contributed by atoms with Gasteiger partial charge in [0.05, 0.1) is 5.70 Å². The van der Waals surface area contributed by atoms with Crippen LogP contribution in [0.4, 0.5) is 14.7 Å². The van der Waals surface area contributed by atoms with Gasteiger partial charge in [-0.25, -0.2) is 0 Å². The van der Waals surface area contributed by atoms with Crippen molar-refractivity contribution in [2.24, 2.45) is 0 Å². The number of allylic oxidation sites excluding steroid dienone is 1. The molecule has 0 spiro atoms. The van der Waals surface area contributed by atoms with Crippen molar-refractivity contribution >= 4 is 27.6 Å². The van der Waals surface area contributed by atoms with Crippen LogP contribution in [0.1, 0.15) is 17.2 Å². The van der Waals surface area contributed by atoms with Gasteiger partial charge in [0.1, 0.15) is 11.8 Å². The second-order valence-electron chi connectivity index (χ2n) is 5.52. The molecule has 0 saturated heterocycles. The predicted octanol–water partition coefficient (Wildman–Crippen LogP) is 4.09. The molecule has 132 valence electrons. The van der Waals surface area contributed by atoms with E-state index in [1.165, 1.54) is 6.07 Å². The fourth-order valence-electron chi connectivity index (χ4n) is 2.80. The normalized spacial score (nSPS) is 16.0. The van der Waals surface area contributed by atoms with Gasteiger partial charge in [-0.2, -0.15) is 13.5 Å². The number of alkyl halides is 2. The van der Waals surface area contributed by atoms with Crippen LogP contribution in [-0.4, -0.2) is 26.8 Å². The number of ether oxygens (including phenoxy) is 1. The summed E-state index contributed by atoms with van der Waals surface area (Å²) in [6.45, 7) is -2.91. The zero-order valence-electron chi connectivity index (χ0n) is 13.2. The first-order chi connectivity index (χ1) is 12.6. The molecule has 1 aromatic heterocycles. The lowest BCUT2D eigenvalue weighted by molar-refractivity contribution is -0.0500. The van der Waals surface area contributed by atoms with E-state index in [9.17, 15) is 8.78 Å². The van der Waals surface area contributed by atoms with Gasteiger partial charge in [0.15, 0.2) is 0 Å². The lowest BCUT2D eigenvalue weighted by Gasteiger charge is -2.24. The van der Waals surface area contributed by atoms with Crippen LogP contribution in [0.3, 0.4) is 0 Å². The van der Waals surface area contributed by atoms with Crippen LogP contribution in [0.5, 0.6) is 5.75 Å². The van der Waals surface area contributed by atoms with Crippen molar-refractivity contribution < 1.29 is 13.5 Å². The Labute approximate surface area is 155 Å². The first kappa shape index (κ1) is 16.6. The Kier molecular flexibility index (Phi) is 4.37. The molecule has 0 saturated carbocycles. The van der Waals surface area contributed by atoms with Crippen LogP contribution in [0, 0.1) is 0 Å². The quantitative estimate of drug-likeness (QED) is 0.689. The fourth-order valence-corrected chi connectivity index (χ4v) is 3.06. The molecule has 0 bridgehead atoms. The Balaban J connectivity index is 1.79. The average molecular weight is 420 g/mol. The Morgan fingerprint density at radius 1 is 1.12 bits per heavy atom. The summed E-state index contributed by atoms with van der Waals surface area (Å²) >= 11 is 3.41. The molecule has 0 aliphatic carbocycles. The van der Waals surface area contributed by atoms with Gasteiger partial charge in [0.25, 0.3) is 0 Å². The number of fused-ring (bicyclic) bond motifs is 1. The van der Waals surface area contributed by atoms with E-state index in [4.69, 9.17) is 0 Å². The summed E-state index contributed by atoms with van der Waals surface area (Å²) in [6, 6.07) is 14.0. The van der Waals surface area contributed by atoms with Crippen molar-refractivity contribution in [3.63, 3.8) is 0 Å². The highest BCUT2D eigenvalue weighted by molar-refractivity contribution is 9.10. The van der Waals surface area contributed by atoms with Crippen LogP contribution < -0.4 is 10.1 Å². The number of halogens is 3. The topological polar surface area (TPSA) is 64.9 Å². The largest absolute Gasteiger partial charge is 0.434 e. The van der Waals surface area contributed by atoms with Gasteiger partial charge in [-0.3, -0.25) is 0 Å². The van der Waals surface area contributed by atoms with Crippen LogP contribution in [0.25, 0.3) is 5.70 Å². The van der Waals surface area contributed by atoms with E-state index in [1.807, 2.05) is 30.3 Å². The van der Waals surface area contributed by atoms with Crippen LogP contribution >= 0.6 is 15.9 Å². The summed E-state index contributed by atoms with van der Waals surface area (Å²) in [5.41, 5.74) is 2.05. The molecule has 1 unspecified atom stereocenters. The Morgan fingerprint density at radius 2 is 1.88 bits per heavy atom. The van der Waals surface area contributed by atoms with E-state index in [1.54, 1.807) is 22.9 Å². The first-order valence-electron chi connectivity index (χ1n) is 7.68. The molecule has 2 aromatic carbocycles. The van der Waals surface area contributed by atoms with E-state index >= 15 is 0 Å². The number of benzene rings is 2. The van der Waals surface area contributed by atoms with E-state index in [2.05, 4.69) is 41.5 Å². The molecule has 26 heavy (non-hydrogen) atoms. The molecule has 1 N–H and O–H groups in total. The van der Waals surface area contributed by atoms with E-state index in [0.717, 1.165) is 10.0 Å². The molecule has 2 heterocycles. The van der Waals surface area contributed by atoms with Crippen LogP contribution in [0.2, 0.25) is 0 Å². The van der Waals surface area contributed by atoms with Gasteiger partial charge < -0.3 is 10.1 Å². The number of aromatic nitrogens is 4. The minimum absolute atomic E-state index is 0.0803. The monoisotopic (exact) mass is 419 g/mol. The van der Waals surface area contributed by atoms with Gasteiger partial charge in [0.2, 0.25) is 5.95 Å². The van der Waals surface area contributed by atoms with E-state index in [-0.39, 0.29) is 11.8 Å². The van der Waals surface area contributed by atoms with E-state index in [0.29, 0.717) is 17.2 Å². The molecule has 0 radical (unpaired) electrons. The highest BCUT2D eigenvalue weighted by atomic mass is 79.9. The summed E-state index contributed by atoms with van der Waals surface area (Å²) < 4.78 is 32.7. The SMILES string of the molecule is FC(F)Oc1ccccc1C1=CC(c2ccc(Br)cc2)n2nnnc2N1. The van der Waals surface area contributed by atoms with Gasteiger partial charge in [-0.1, -0.05) is 45.3 Å². The van der Waals surface area contributed by atoms with Crippen molar-refractivity contribution in [2.45, 2.75) is 12.7 Å². The summed E-state index contributed by atoms with van der Waals surface area (Å²) in [5.74, 6) is 0.499. The second-order valence-corrected chi connectivity index (χ2v) is 6.44. The summed E-state index contributed by atoms with van der Waals surface area (Å²) in [6.07, 6.45) is 1.88. The molecule has 3 aromatic rings. The fraction of sp³-hybridized carbons (Fsp3) is 0.118. The predicted molar refractivity (Wildman–Crippen MR) is 94.8 cm³/mol. The second kappa shape index (κ2) is 6.83. The molecule has 4 rings (SSSR count). The molecular weight excluding hydrogens is 408 g/mol. The summed E-state index contributed by atoms with van der Waals surface area (Å²) in [7, 11) is 0. The Bertz CT molecular complexity index is 958. The first-order valence-corrected chi connectivity index (χ1v) is 8.47. The molecule has 0 fully saturated rings. The third kappa shape index (κ3) is 3.17. The van der Waals surface area contributed by atoms with Gasteiger partial charge in [-0.05, 0) is 46.3 Å². The zero-order chi connectivity index (χ0) is 18.1. The number of anilines is 1. The third-order valence-corrected chi connectivity index (χ3v) is 4.46. The molecule has 1 atom stereocenters. The van der Waals surface area contributed by atoms with Gasteiger partial charge in [0, 0.05) is 10.0 Å². The maximum atomic E-state index is 12.7.